The number of aromatic nitrogens is 2. The van der Waals surface area contributed by atoms with Gasteiger partial charge < -0.3 is 9.64 Å². The van der Waals surface area contributed by atoms with Crippen LogP contribution in [0.1, 0.15) is 17.4 Å². The van der Waals surface area contributed by atoms with E-state index in [-0.39, 0.29) is 17.8 Å². The second-order valence-electron chi connectivity index (χ2n) is 5.87. The predicted octanol–water partition coefficient (Wildman–Crippen LogP) is 3.80. The molecule has 1 saturated heterocycles. The van der Waals surface area contributed by atoms with Crippen LogP contribution in [0.3, 0.4) is 0 Å². The maximum absolute atomic E-state index is 13.1. The number of fused-ring (bicyclic) bond motifs is 1. The van der Waals surface area contributed by atoms with Crippen LogP contribution in [0.2, 0.25) is 5.15 Å². The van der Waals surface area contributed by atoms with Crippen molar-refractivity contribution in [3.8, 4) is 0 Å². The number of thiazole rings is 1. The maximum Gasteiger partial charge on any atom is 0.246 e. The first-order valence-electron chi connectivity index (χ1n) is 8.07. The van der Waals surface area contributed by atoms with Crippen molar-refractivity contribution in [2.24, 2.45) is 0 Å². The largest absolute Gasteiger partial charge is 0.370 e. The van der Waals surface area contributed by atoms with Crippen LogP contribution in [-0.2, 0) is 9.53 Å². The lowest BCUT2D eigenvalue weighted by molar-refractivity contribution is -0.133. The van der Waals surface area contributed by atoms with Crippen LogP contribution >= 0.6 is 22.9 Å². The van der Waals surface area contributed by atoms with Crippen LogP contribution in [-0.4, -0.2) is 39.9 Å². The number of benzene rings is 1. The second kappa shape index (κ2) is 7.19. The number of rotatable bonds is 3. The number of hydrogen-bond acceptors (Lipinski definition) is 4. The Labute approximate surface area is 158 Å². The zero-order valence-electron chi connectivity index (χ0n) is 13.6. The molecule has 3 aromatic rings. The van der Waals surface area contributed by atoms with Crippen molar-refractivity contribution < 1.29 is 13.9 Å². The molecule has 2 aromatic heterocycles. The molecular formula is C18H15ClFN3O2S. The lowest BCUT2D eigenvalue weighted by Gasteiger charge is -2.32. The van der Waals surface area contributed by atoms with E-state index in [1.165, 1.54) is 29.5 Å². The Morgan fingerprint density at radius 2 is 2.19 bits per heavy atom. The van der Waals surface area contributed by atoms with Gasteiger partial charge in [0.1, 0.15) is 11.9 Å². The van der Waals surface area contributed by atoms with E-state index in [0.29, 0.717) is 30.5 Å². The molecule has 4 rings (SSSR count). The van der Waals surface area contributed by atoms with Crippen molar-refractivity contribution >= 4 is 39.9 Å². The Morgan fingerprint density at radius 1 is 1.38 bits per heavy atom. The van der Waals surface area contributed by atoms with Gasteiger partial charge >= 0.3 is 0 Å². The van der Waals surface area contributed by atoms with Crippen molar-refractivity contribution in [2.45, 2.75) is 6.10 Å². The quantitative estimate of drug-likeness (QED) is 0.638. The first kappa shape index (κ1) is 17.2. The highest BCUT2D eigenvalue weighted by Gasteiger charge is 2.24. The average molecular weight is 392 g/mol. The molecule has 0 N–H and O–H groups in total. The number of imidazole rings is 1. The third-order valence-corrected chi connectivity index (χ3v) is 5.29. The van der Waals surface area contributed by atoms with Crippen LogP contribution in [0.4, 0.5) is 4.39 Å². The van der Waals surface area contributed by atoms with Crippen molar-refractivity contribution in [3.05, 3.63) is 64.1 Å². The lowest BCUT2D eigenvalue weighted by Crippen LogP contribution is -2.41. The van der Waals surface area contributed by atoms with Crippen LogP contribution < -0.4 is 0 Å². The third kappa shape index (κ3) is 3.38. The first-order valence-corrected chi connectivity index (χ1v) is 9.32. The molecule has 1 amide bonds. The number of carbonyl (C=O) groups is 1. The minimum absolute atomic E-state index is 0.123. The van der Waals surface area contributed by atoms with Crippen LogP contribution in [0, 0.1) is 5.82 Å². The smallest absolute Gasteiger partial charge is 0.246 e. The van der Waals surface area contributed by atoms with Crippen LogP contribution in [0.15, 0.2) is 41.9 Å². The minimum atomic E-state index is -0.294. The van der Waals surface area contributed by atoms with Crippen molar-refractivity contribution in [2.75, 3.05) is 19.7 Å². The molecule has 26 heavy (non-hydrogen) atoms. The van der Waals surface area contributed by atoms with E-state index in [4.69, 9.17) is 16.3 Å². The van der Waals surface area contributed by atoms with Gasteiger partial charge in [-0.15, -0.1) is 11.3 Å². The molecule has 1 atom stereocenters. The van der Waals surface area contributed by atoms with Gasteiger partial charge in [0.25, 0.3) is 0 Å². The van der Waals surface area contributed by atoms with Gasteiger partial charge in [0, 0.05) is 24.2 Å². The normalized spacial score (nSPS) is 18.1. The number of morpholine rings is 1. The molecule has 5 nitrogen and oxygen atoms in total. The summed E-state index contributed by atoms with van der Waals surface area (Å²) in [6.07, 6.45) is 4.78. The van der Waals surface area contributed by atoms with E-state index in [9.17, 15) is 9.18 Å². The molecule has 0 bridgehead atoms. The van der Waals surface area contributed by atoms with Gasteiger partial charge in [0.15, 0.2) is 10.1 Å². The summed E-state index contributed by atoms with van der Waals surface area (Å²) >= 11 is 7.62. The van der Waals surface area contributed by atoms with Crippen LogP contribution in [0.25, 0.3) is 11.0 Å². The average Bonchev–Trinajstić information content (AvgIpc) is 3.21. The summed E-state index contributed by atoms with van der Waals surface area (Å²) in [4.78, 5) is 19.3. The molecule has 1 unspecified atom stereocenters. The first-order chi connectivity index (χ1) is 12.6. The maximum atomic E-state index is 13.1. The SMILES string of the molecule is O=C(/C=C/c1c(Cl)nc2sccn12)N1CCOC(c2ccc(F)cc2)C1. The Balaban J connectivity index is 1.48. The van der Waals surface area contributed by atoms with Gasteiger partial charge in [-0.25, -0.2) is 9.37 Å². The zero-order valence-corrected chi connectivity index (χ0v) is 15.2. The number of hydrogen-bond donors (Lipinski definition) is 0. The monoisotopic (exact) mass is 391 g/mol. The Kier molecular flexibility index (Phi) is 4.76. The van der Waals surface area contributed by atoms with Gasteiger partial charge in [-0.2, -0.15) is 0 Å². The van der Waals surface area contributed by atoms with E-state index < -0.39 is 0 Å². The molecule has 8 heteroatoms. The number of amides is 1. The highest BCUT2D eigenvalue weighted by molar-refractivity contribution is 7.15. The standard InChI is InChI=1S/C18H15ClFN3O2S/c19-17-14(23-8-10-26-18(23)21-17)5-6-16(24)22-7-9-25-15(11-22)12-1-3-13(20)4-2-12/h1-6,8,10,15H,7,9,11H2/b6-5+. The van der Waals surface area contributed by atoms with E-state index in [1.54, 1.807) is 23.1 Å². The molecule has 0 aliphatic carbocycles. The highest BCUT2D eigenvalue weighted by atomic mass is 35.5. The molecule has 1 aliphatic rings. The van der Waals surface area contributed by atoms with E-state index in [0.717, 1.165) is 10.5 Å². The number of halogens is 2. The molecule has 1 aromatic carbocycles. The summed E-state index contributed by atoms with van der Waals surface area (Å²) in [7, 11) is 0. The predicted molar refractivity (Wildman–Crippen MR) is 98.8 cm³/mol. The summed E-state index contributed by atoms with van der Waals surface area (Å²) in [6, 6.07) is 6.16. The van der Waals surface area contributed by atoms with Gasteiger partial charge in [-0.3, -0.25) is 9.20 Å². The molecule has 1 aliphatic heterocycles. The van der Waals surface area contributed by atoms with Gasteiger partial charge in [-0.1, -0.05) is 23.7 Å². The van der Waals surface area contributed by atoms with Crippen LogP contribution in [0.5, 0.6) is 0 Å². The fraction of sp³-hybridized carbons (Fsp3) is 0.222. The lowest BCUT2D eigenvalue weighted by atomic mass is 10.1. The molecule has 3 heterocycles. The highest BCUT2D eigenvalue weighted by Crippen LogP contribution is 2.24. The van der Waals surface area contributed by atoms with E-state index >= 15 is 0 Å². The number of ether oxygens (including phenoxy) is 1. The Morgan fingerprint density at radius 3 is 3.00 bits per heavy atom. The number of carbonyl (C=O) groups excluding carboxylic acids is 1. The zero-order chi connectivity index (χ0) is 18.1. The van der Waals surface area contributed by atoms with Gasteiger partial charge in [-0.05, 0) is 23.8 Å². The second-order valence-corrected chi connectivity index (χ2v) is 7.10. The van der Waals surface area contributed by atoms with Crippen molar-refractivity contribution in [1.29, 1.82) is 0 Å². The van der Waals surface area contributed by atoms with Crippen molar-refractivity contribution in [1.82, 2.24) is 14.3 Å². The summed E-state index contributed by atoms with van der Waals surface area (Å²) in [5.41, 5.74) is 1.53. The topological polar surface area (TPSA) is 46.8 Å². The minimum Gasteiger partial charge on any atom is -0.370 e. The van der Waals surface area contributed by atoms with E-state index in [2.05, 4.69) is 4.98 Å². The van der Waals surface area contributed by atoms with Crippen molar-refractivity contribution in [3.63, 3.8) is 0 Å². The molecule has 134 valence electrons. The Bertz CT molecular complexity index is 967. The fourth-order valence-corrected chi connectivity index (χ4v) is 3.92. The third-order valence-electron chi connectivity index (χ3n) is 4.26. The molecule has 1 fully saturated rings. The van der Waals surface area contributed by atoms with Gasteiger partial charge in [0.05, 0.1) is 18.8 Å². The Hall–Kier alpha value is -2.22. The summed E-state index contributed by atoms with van der Waals surface area (Å²) in [5, 5.41) is 2.28. The fourth-order valence-electron chi connectivity index (χ4n) is 2.91. The summed E-state index contributed by atoms with van der Waals surface area (Å²) in [5.74, 6) is -0.417. The molecular weight excluding hydrogens is 377 g/mol. The number of nitrogens with zero attached hydrogens (tertiary/aromatic N) is 3. The summed E-state index contributed by atoms with van der Waals surface area (Å²) in [6.45, 7) is 1.36. The molecule has 0 saturated carbocycles. The summed E-state index contributed by atoms with van der Waals surface area (Å²) < 4.78 is 20.7. The molecule has 0 radical (unpaired) electrons. The van der Waals surface area contributed by atoms with E-state index in [1.807, 2.05) is 16.0 Å². The van der Waals surface area contributed by atoms with Gasteiger partial charge in [0.2, 0.25) is 5.91 Å². The molecule has 0 spiro atoms.